The monoisotopic (exact) mass is 384 g/mol. The predicted molar refractivity (Wildman–Crippen MR) is 94.5 cm³/mol. The summed E-state index contributed by atoms with van der Waals surface area (Å²) in [7, 11) is -3.77. The van der Waals surface area contributed by atoms with Gasteiger partial charge in [-0.15, -0.1) is 0 Å². The van der Waals surface area contributed by atoms with Crippen LogP contribution in [0.25, 0.3) is 0 Å². The number of primary sulfonamides is 1. The van der Waals surface area contributed by atoms with Gasteiger partial charge in [0.25, 0.3) is 0 Å². The maximum absolute atomic E-state index is 12.0. The zero-order chi connectivity index (χ0) is 19.3. The van der Waals surface area contributed by atoms with Crippen LogP contribution in [0.3, 0.4) is 0 Å². The lowest BCUT2D eigenvalue weighted by molar-refractivity contribution is -0.165. The van der Waals surface area contributed by atoms with E-state index in [0.717, 1.165) is 0 Å². The van der Waals surface area contributed by atoms with E-state index in [9.17, 15) is 18.0 Å². The fourth-order valence-electron chi connectivity index (χ4n) is 2.50. The molecule has 1 aromatic rings. The second kappa shape index (κ2) is 8.61. The largest absolute Gasteiger partial charge is 0.436 e. The highest BCUT2D eigenvalue weighted by molar-refractivity contribution is 7.89. The molecule has 1 amide bonds. The molecule has 0 aromatic heterocycles. The lowest BCUT2D eigenvalue weighted by atomic mass is 10.0. The first kappa shape index (κ1) is 20.3. The predicted octanol–water partition coefficient (Wildman–Crippen LogP) is 1.61. The number of benzene rings is 1. The van der Waals surface area contributed by atoms with Crippen molar-refractivity contribution in [2.45, 2.75) is 44.3 Å². The van der Waals surface area contributed by atoms with Crippen LogP contribution in [0, 0.1) is 11.8 Å². The van der Waals surface area contributed by atoms with Crippen molar-refractivity contribution >= 4 is 27.6 Å². The Kier molecular flexibility index (Phi) is 6.74. The summed E-state index contributed by atoms with van der Waals surface area (Å²) < 4.78 is 33.0. The molecule has 0 bridgehead atoms. The minimum atomic E-state index is -3.77. The van der Waals surface area contributed by atoms with Gasteiger partial charge in [-0.3, -0.25) is 9.59 Å². The molecule has 26 heavy (non-hydrogen) atoms. The summed E-state index contributed by atoms with van der Waals surface area (Å²) >= 11 is 0. The maximum Gasteiger partial charge on any atom is 0.311 e. The van der Waals surface area contributed by atoms with E-state index in [2.05, 4.69) is 5.32 Å². The molecular weight excluding hydrogens is 360 g/mol. The van der Waals surface area contributed by atoms with Crippen molar-refractivity contribution in [3.8, 4) is 0 Å². The number of carbonyl (C=O) groups excluding carboxylic acids is 2. The van der Waals surface area contributed by atoms with Crippen LogP contribution in [0.1, 0.15) is 33.1 Å². The topological polar surface area (TPSA) is 125 Å². The summed E-state index contributed by atoms with van der Waals surface area (Å²) in [6.45, 7) is 4.53. The van der Waals surface area contributed by atoms with Crippen molar-refractivity contribution in [3.05, 3.63) is 24.3 Å². The van der Waals surface area contributed by atoms with E-state index in [1.165, 1.54) is 24.3 Å². The lowest BCUT2D eigenvalue weighted by Crippen LogP contribution is -2.16. The molecular formula is C17H24N2O6S. The van der Waals surface area contributed by atoms with Crippen LogP contribution in [0.2, 0.25) is 0 Å². The van der Waals surface area contributed by atoms with Gasteiger partial charge in [-0.25, -0.2) is 13.6 Å². The number of rotatable bonds is 8. The van der Waals surface area contributed by atoms with Gasteiger partial charge in [-0.05, 0) is 36.6 Å². The summed E-state index contributed by atoms with van der Waals surface area (Å²) in [5, 5.41) is 7.67. The van der Waals surface area contributed by atoms with E-state index >= 15 is 0 Å². The van der Waals surface area contributed by atoms with Crippen LogP contribution in [0.15, 0.2) is 29.2 Å². The normalized spacial score (nSPS) is 20.2. The van der Waals surface area contributed by atoms with Crippen molar-refractivity contribution < 1.29 is 27.5 Å². The Labute approximate surface area is 153 Å². The van der Waals surface area contributed by atoms with Crippen molar-refractivity contribution in [2.75, 3.05) is 11.9 Å². The molecule has 0 saturated carbocycles. The number of sulfonamides is 1. The van der Waals surface area contributed by atoms with Gasteiger partial charge >= 0.3 is 5.97 Å². The van der Waals surface area contributed by atoms with Gasteiger partial charge in [0.15, 0.2) is 0 Å². The molecule has 0 radical (unpaired) electrons. The van der Waals surface area contributed by atoms with Gasteiger partial charge in [0.05, 0.1) is 17.4 Å². The average molecular weight is 384 g/mol. The highest BCUT2D eigenvalue weighted by atomic mass is 32.2. The van der Waals surface area contributed by atoms with Gasteiger partial charge in [0.1, 0.15) is 0 Å². The number of hydrogen-bond donors (Lipinski definition) is 2. The Balaban J connectivity index is 1.79. The van der Waals surface area contributed by atoms with Gasteiger partial charge in [0.2, 0.25) is 22.2 Å². The smallest absolute Gasteiger partial charge is 0.311 e. The van der Waals surface area contributed by atoms with Crippen LogP contribution < -0.4 is 10.5 Å². The molecule has 1 aliphatic heterocycles. The SMILES string of the molecule is CC(C)CO[C@H]1C[C@H](CCC(=O)Nc2ccc(S(N)(=O)=O)cc2)C(=O)O1. The number of esters is 1. The first-order valence-corrected chi connectivity index (χ1v) is 9.94. The lowest BCUT2D eigenvalue weighted by Gasteiger charge is -2.12. The number of anilines is 1. The van der Waals surface area contributed by atoms with E-state index in [1.54, 1.807) is 0 Å². The third kappa shape index (κ3) is 6.08. The molecule has 0 aliphatic carbocycles. The molecule has 1 heterocycles. The summed E-state index contributed by atoms with van der Waals surface area (Å²) in [6.07, 6.45) is 0.417. The number of nitrogens with one attached hydrogen (secondary N) is 1. The number of cyclic esters (lactones) is 1. The Hall–Kier alpha value is -1.97. The summed E-state index contributed by atoms with van der Waals surface area (Å²) in [4.78, 5) is 23.8. The van der Waals surface area contributed by atoms with E-state index in [4.69, 9.17) is 14.6 Å². The summed E-state index contributed by atoms with van der Waals surface area (Å²) in [6, 6.07) is 5.54. The molecule has 1 saturated heterocycles. The van der Waals surface area contributed by atoms with E-state index in [-0.39, 0.29) is 29.1 Å². The highest BCUT2D eigenvalue weighted by Gasteiger charge is 2.35. The van der Waals surface area contributed by atoms with Crippen molar-refractivity contribution in [1.29, 1.82) is 0 Å². The molecule has 2 rings (SSSR count). The third-order valence-electron chi connectivity index (χ3n) is 3.86. The van der Waals surface area contributed by atoms with Crippen LogP contribution in [0.5, 0.6) is 0 Å². The van der Waals surface area contributed by atoms with Gasteiger partial charge in [0, 0.05) is 18.5 Å². The molecule has 0 spiro atoms. The highest BCUT2D eigenvalue weighted by Crippen LogP contribution is 2.26. The fraction of sp³-hybridized carbons (Fsp3) is 0.529. The van der Waals surface area contributed by atoms with E-state index in [1.807, 2.05) is 13.8 Å². The number of amides is 1. The molecule has 1 fully saturated rings. The van der Waals surface area contributed by atoms with Gasteiger partial charge < -0.3 is 14.8 Å². The van der Waals surface area contributed by atoms with Gasteiger partial charge in [-0.1, -0.05) is 13.8 Å². The second-order valence-corrected chi connectivity index (χ2v) is 8.24. The first-order valence-electron chi connectivity index (χ1n) is 8.40. The molecule has 0 unspecified atom stereocenters. The van der Waals surface area contributed by atoms with E-state index < -0.39 is 16.3 Å². The molecule has 144 valence electrons. The molecule has 8 nitrogen and oxygen atoms in total. The minimum absolute atomic E-state index is 0.0309. The van der Waals surface area contributed by atoms with Crippen LogP contribution in [-0.4, -0.2) is 33.2 Å². The second-order valence-electron chi connectivity index (χ2n) is 6.68. The maximum atomic E-state index is 12.0. The Bertz CT molecular complexity index is 745. The Morgan fingerprint density at radius 2 is 2.00 bits per heavy atom. The Morgan fingerprint density at radius 1 is 1.35 bits per heavy atom. The van der Waals surface area contributed by atoms with Gasteiger partial charge in [-0.2, -0.15) is 0 Å². The third-order valence-corrected chi connectivity index (χ3v) is 4.79. The minimum Gasteiger partial charge on any atom is -0.436 e. The molecule has 3 N–H and O–H groups in total. The standard InChI is InChI=1S/C17H24N2O6S/c1-11(2)10-24-16-9-12(17(21)25-16)3-8-15(20)19-13-4-6-14(7-5-13)26(18,22)23/h4-7,11-12,16H,3,8-10H2,1-2H3,(H,19,20)(H2,18,22,23)/t12-,16+/m0/s1. The van der Waals surface area contributed by atoms with Crippen molar-refractivity contribution in [1.82, 2.24) is 0 Å². The molecule has 1 aliphatic rings. The first-order chi connectivity index (χ1) is 12.1. The van der Waals surface area contributed by atoms with E-state index in [0.29, 0.717) is 31.1 Å². The molecule has 2 atom stereocenters. The van der Waals surface area contributed by atoms with Crippen molar-refractivity contribution in [2.24, 2.45) is 17.0 Å². The zero-order valence-electron chi connectivity index (χ0n) is 14.8. The van der Waals surface area contributed by atoms with Crippen LogP contribution in [0.4, 0.5) is 5.69 Å². The number of hydrogen-bond acceptors (Lipinski definition) is 6. The number of nitrogens with two attached hydrogens (primary N) is 1. The molecule has 9 heteroatoms. The Morgan fingerprint density at radius 3 is 2.58 bits per heavy atom. The number of carbonyl (C=O) groups is 2. The van der Waals surface area contributed by atoms with Crippen LogP contribution >= 0.6 is 0 Å². The summed E-state index contributed by atoms with van der Waals surface area (Å²) in [5.41, 5.74) is 0.453. The van der Waals surface area contributed by atoms with Crippen LogP contribution in [-0.2, 0) is 29.1 Å². The number of ether oxygens (including phenoxy) is 2. The zero-order valence-corrected chi connectivity index (χ0v) is 15.6. The van der Waals surface area contributed by atoms with Crippen molar-refractivity contribution in [3.63, 3.8) is 0 Å². The quantitative estimate of drug-likeness (QED) is 0.656. The molecule has 1 aromatic carbocycles. The fourth-order valence-corrected chi connectivity index (χ4v) is 3.01. The summed E-state index contributed by atoms with van der Waals surface area (Å²) in [5.74, 6) is -0.626. The average Bonchev–Trinajstić information content (AvgIpc) is 2.91.